The van der Waals surface area contributed by atoms with Crippen LogP contribution in [0.1, 0.15) is 17.2 Å². The summed E-state index contributed by atoms with van der Waals surface area (Å²) in [7, 11) is 0. The molecule has 0 bridgehead atoms. The third kappa shape index (κ3) is 5.54. The summed E-state index contributed by atoms with van der Waals surface area (Å²) in [5.74, 6) is 0.765. The Balaban J connectivity index is 1.71. The number of nitrogens with one attached hydrogen (secondary N) is 1. The van der Waals surface area contributed by atoms with Crippen LogP contribution in [0.25, 0.3) is 0 Å². The fourth-order valence-electron chi connectivity index (χ4n) is 2.83. The Kier molecular flexibility index (Phi) is 5.70. The van der Waals surface area contributed by atoms with Gasteiger partial charge in [-0.2, -0.15) is 18.3 Å². The van der Waals surface area contributed by atoms with Crippen LogP contribution in [0.4, 0.5) is 13.2 Å². The first-order valence-electron chi connectivity index (χ1n) is 8.35. The fourth-order valence-corrected chi connectivity index (χ4v) is 2.83. The lowest BCUT2D eigenvalue weighted by Gasteiger charge is -2.23. The number of rotatable bonds is 6. The Labute approximate surface area is 144 Å². The Hall–Kier alpha value is -1.93. The van der Waals surface area contributed by atoms with Gasteiger partial charge < -0.3 is 10.1 Å². The van der Waals surface area contributed by atoms with Gasteiger partial charge in [-0.05, 0) is 12.0 Å². The highest BCUT2D eigenvalue weighted by atomic mass is 19.4. The number of hydrogen-bond acceptors (Lipinski definition) is 4. The van der Waals surface area contributed by atoms with Crippen molar-refractivity contribution in [3.05, 3.63) is 47.5 Å². The number of aryl methyl sites for hydroxylation is 2. The lowest BCUT2D eigenvalue weighted by atomic mass is 10.1. The summed E-state index contributed by atoms with van der Waals surface area (Å²) in [6, 6.07) is 9.76. The number of alkyl halides is 3. The lowest BCUT2D eigenvalue weighted by Crippen LogP contribution is -2.40. The second-order valence-electron chi connectivity index (χ2n) is 6.10. The van der Waals surface area contributed by atoms with E-state index in [1.165, 1.54) is 0 Å². The van der Waals surface area contributed by atoms with Gasteiger partial charge in [-0.1, -0.05) is 30.3 Å². The Bertz CT molecular complexity index is 666. The molecule has 1 saturated heterocycles. The number of aromatic nitrogens is 3. The summed E-state index contributed by atoms with van der Waals surface area (Å²) in [6.07, 6.45) is -2.98. The minimum atomic E-state index is -4.33. The van der Waals surface area contributed by atoms with E-state index >= 15 is 0 Å². The van der Waals surface area contributed by atoms with Crippen molar-refractivity contribution in [2.45, 2.75) is 38.1 Å². The molecule has 1 fully saturated rings. The Morgan fingerprint density at radius 2 is 2.00 bits per heavy atom. The summed E-state index contributed by atoms with van der Waals surface area (Å²) in [5, 5.41) is 7.26. The van der Waals surface area contributed by atoms with Gasteiger partial charge in [0, 0.05) is 25.9 Å². The molecule has 0 saturated carbocycles. The lowest BCUT2D eigenvalue weighted by molar-refractivity contribution is -0.143. The minimum absolute atomic E-state index is 0.174. The van der Waals surface area contributed by atoms with Gasteiger partial charge in [0.05, 0.1) is 12.7 Å². The highest BCUT2D eigenvalue weighted by Crippen LogP contribution is 2.19. The van der Waals surface area contributed by atoms with Crippen LogP contribution in [-0.4, -0.2) is 46.7 Å². The van der Waals surface area contributed by atoms with Crippen molar-refractivity contribution < 1.29 is 17.9 Å². The third-order valence-electron chi connectivity index (χ3n) is 4.02. The first-order valence-corrected chi connectivity index (χ1v) is 8.35. The fraction of sp³-hybridized carbons (Fsp3) is 0.529. The van der Waals surface area contributed by atoms with Crippen LogP contribution in [0.3, 0.4) is 0 Å². The molecule has 0 spiro atoms. The molecular formula is C17H21F3N4O. The van der Waals surface area contributed by atoms with E-state index in [-0.39, 0.29) is 6.10 Å². The van der Waals surface area contributed by atoms with Crippen LogP contribution in [0, 0.1) is 0 Å². The molecule has 3 rings (SSSR count). The van der Waals surface area contributed by atoms with Crippen molar-refractivity contribution in [2.75, 3.05) is 19.7 Å². The molecule has 0 amide bonds. The van der Waals surface area contributed by atoms with Crippen molar-refractivity contribution in [1.29, 1.82) is 0 Å². The number of ether oxygens (including phenoxy) is 1. The van der Waals surface area contributed by atoms with Crippen molar-refractivity contribution in [3.63, 3.8) is 0 Å². The number of hydrogen-bond donors (Lipinski definition) is 1. The van der Waals surface area contributed by atoms with E-state index in [9.17, 15) is 13.2 Å². The topological polar surface area (TPSA) is 52.0 Å². The SMILES string of the molecule is FC(F)(F)Cn1nc(CCc2ccccc2)nc1CC1CNCCO1. The monoisotopic (exact) mass is 354 g/mol. The first-order chi connectivity index (χ1) is 12.0. The second kappa shape index (κ2) is 7.97. The zero-order valence-corrected chi connectivity index (χ0v) is 13.8. The van der Waals surface area contributed by atoms with Gasteiger partial charge in [0.15, 0.2) is 5.82 Å². The molecule has 5 nitrogen and oxygen atoms in total. The highest BCUT2D eigenvalue weighted by molar-refractivity contribution is 5.15. The average molecular weight is 354 g/mol. The molecule has 2 aromatic rings. The van der Waals surface area contributed by atoms with E-state index in [2.05, 4.69) is 15.4 Å². The van der Waals surface area contributed by atoms with Gasteiger partial charge in [-0.25, -0.2) is 9.67 Å². The average Bonchev–Trinajstić information content (AvgIpc) is 2.94. The van der Waals surface area contributed by atoms with E-state index in [1.54, 1.807) is 0 Å². The van der Waals surface area contributed by atoms with Crippen LogP contribution in [0.2, 0.25) is 0 Å². The standard InChI is InChI=1S/C17H21F3N4O/c18-17(19,20)12-24-16(10-14-11-21-8-9-25-14)22-15(23-24)7-6-13-4-2-1-3-5-13/h1-5,14,21H,6-12H2. The third-order valence-corrected chi connectivity index (χ3v) is 4.02. The van der Waals surface area contributed by atoms with E-state index in [0.717, 1.165) is 16.8 Å². The zero-order valence-electron chi connectivity index (χ0n) is 13.8. The van der Waals surface area contributed by atoms with Crippen LogP contribution in [0.15, 0.2) is 30.3 Å². The zero-order chi connectivity index (χ0) is 17.7. The van der Waals surface area contributed by atoms with Gasteiger partial charge in [0.1, 0.15) is 12.4 Å². The Morgan fingerprint density at radius 3 is 2.68 bits per heavy atom. The molecule has 0 radical (unpaired) electrons. The van der Waals surface area contributed by atoms with E-state index < -0.39 is 12.7 Å². The first kappa shape index (κ1) is 17.9. The summed E-state index contributed by atoms with van der Waals surface area (Å²) < 4.78 is 45.0. The number of benzene rings is 1. The number of morpholine rings is 1. The smallest absolute Gasteiger partial charge is 0.375 e. The molecule has 136 valence electrons. The van der Waals surface area contributed by atoms with Crippen molar-refractivity contribution in [1.82, 2.24) is 20.1 Å². The molecule has 25 heavy (non-hydrogen) atoms. The van der Waals surface area contributed by atoms with Crippen LogP contribution >= 0.6 is 0 Å². The molecule has 1 atom stereocenters. The second-order valence-corrected chi connectivity index (χ2v) is 6.10. The maximum Gasteiger partial charge on any atom is 0.408 e. The molecule has 0 aliphatic carbocycles. The molecule has 2 heterocycles. The molecule has 1 aromatic carbocycles. The maximum atomic E-state index is 12.8. The van der Waals surface area contributed by atoms with Crippen LogP contribution < -0.4 is 5.32 Å². The summed E-state index contributed by atoms with van der Waals surface area (Å²) >= 11 is 0. The van der Waals surface area contributed by atoms with Gasteiger partial charge in [0.2, 0.25) is 0 Å². The van der Waals surface area contributed by atoms with Gasteiger partial charge >= 0.3 is 6.18 Å². The van der Waals surface area contributed by atoms with Gasteiger partial charge in [-0.3, -0.25) is 0 Å². The summed E-state index contributed by atoms with van der Waals surface area (Å²) in [5.41, 5.74) is 1.11. The molecule has 1 aliphatic rings. The summed E-state index contributed by atoms with van der Waals surface area (Å²) in [4.78, 5) is 4.35. The molecule has 8 heteroatoms. The van der Waals surface area contributed by atoms with Crippen LogP contribution in [0.5, 0.6) is 0 Å². The van der Waals surface area contributed by atoms with E-state index in [4.69, 9.17) is 4.74 Å². The molecule has 1 unspecified atom stereocenters. The molecule has 1 aromatic heterocycles. The number of halogens is 3. The largest absolute Gasteiger partial charge is 0.408 e. The van der Waals surface area contributed by atoms with E-state index in [0.29, 0.717) is 44.1 Å². The normalized spacial score (nSPS) is 18.4. The quantitative estimate of drug-likeness (QED) is 0.864. The van der Waals surface area contributed by atoms with Crippen molar-refractivity contribution in [3.8, 4) is 0 Å². The van der Waals surface area contributed by atoms with Crippen molar-refractivity contribution >= 4 is 0 Å². The van der Waals surface area contributed by atoms with Crippen molar-refractivity contribution in [2.24, 2.45) is 0 Å². The summed E-state index contributed by atoms with van der Waals surface area (Å²) in [6.45, 7) is 0.798. The molecular weight excluding hydrogens is 333 g/mol. The molecule has 1 N–H and O–H groups in total. The minimum Gasteiger partial charge on any atom is -0.375 e. The predicted molar refractivity (Wildman–Crippen MR) is 86.2 cm³/mol. The Morgan fingerprint density at radius 1 is 1.20 bits per heavy atom. The van der Waals surface area contributed by atoms with E-state index in [1.807, 2.05) is 30.3 Å². The highest BCUT2D eigenvalue weighted by Gasteiger charge is 2.31. The predicted octanol–water partition coefficient (Wildman–Crippen LogP) is 2.16. The maximum absolute atomic E-state index is 12.8. The van der Waals surface area contributed by atoms with Gasteiger partial charge in [0.25, 0.3) is 0 Å². The van der Waals surface area contributed by atoms with Crippen LogP contribution in [-0.2, 0) is 30.5 Å². The van der Waals surface area contributed by atoms with Gasteiger partial charge in [-0.15, -0.1) is 0 Å². The number of nitrogens with zero attached hydrogens (tertiary/aromatic N) is 3. The molecule has 1 aliphatic heterocycles.